The van der Waals surface area contributed by atoms with E-state index in [9.17, 15) is 0 Å². The SMILES string of the molecule is CCC(C)Oc1cccc2cc[se]c12. The van der Waals surface area contributed by atoms with Crippen LogP contribution in [0.5, 0.6) is 5.75 Å². The van der Waals surface area contributed by atoms with Gasteiger partial charge in [-0.2, -0.15) is 0 Å². The quantitative estimate of drug-likeness (QED) is 0.764. The van der Waals surface area contributed by atoms with Crippen molar-refractivity contribution in [1.82, 2.24) is 0 Å². The van der Waals surface area contributed by atoms with Crippen molar-refractivity contribution < 1.29 is 4.74 Å². The summed E-state index contributed by atoms with van der Waals surface area (Å²) in [5.41, 5.74) is 0. The molecule has 2 rings (SSSR count). The van der Waals surface area contributed by atoms with Crippen LogP contribution in [0, 0.1) is 0 Å². The van der Waals surface area contributed by atoms with Gasteiger partial charge >= 0.3 is 90.2 Å². The Balaban J connectivity index is 2.36. The van der Waals surface area contributed by atoms with Gasteiger partial charge in [0.15, 0.2) is 0 Å². The molecule has 0 N–H and O–H groups in total. The van der Waals surface area contributed by atoms with Crippen molar-refractivity contribution in [3.8, 4) is 5.75 Å². The van der Waals surface area contributed by atoms with Gasteiger partial charge in [-0.25, -0.2) is 0 Å². The third kappa shape index (κ3) is 1.87. The van der Waals surface area contributed by atoms with Crippen LogP contribution >= 0.6 is 0 Å². The summed E-state index contributed by atoms with van der Waals surface area (Å²) in [6.07, 6.45) is 1.38. The van der Waals surface area contributed by atoms with Gasteiger partial charge in [0, 0.05) is 0 Å². The number of hydrogen-bond donors (Lipinski definition) is 0. The molecular formula is C12H14OSe. The Morgan fingerprint density at radius 1 is 1.36 bits per heavy atom. The van der Waals surface area contributed by atoms with Gasteiger partial charge in [-0.15, -0.1) is 0 Å². The molecule has 0 aliphatic carbocycles. The number of ether oxygens (including phenoxy) is 1. The van der Waals surface area contributed by atoms with Gasteiger partial charge in [-0.05, 0) is 0 Å². The van der Waals surface area contributed by atoms with Gasteiger partial charge in [-0.3, -0.25) is 0 Å². The van der Waals surface area contributed by atoms with Crippen LogP contribution < -0.4 is 4.74 Å². The zero-order valence-electron chi connectivity index (χ0n) is 8.49. The van der Waals surface area contributed by atoms with E-state index in [0.29, 0.717) is 20.6 Å². The number of hydrogen-bond acceptors (Lipinski definition) is 1. The summed E-state index contributed by atoms with van der Waals surface area (Å²) in [5.74, 6) is 1.09. The maximum absolute atomic E-state index is 5.88. The molecule has 2 aromatic rings. The Labute approximate surface area is 90.4 Å². The van der Waals surface area contributed by atoms with E-state index >= 15 is 0 Å². The molecule has 0 spiro atoms. The number of fused-ring (bicyclic) bond motifs is 1. The molecule has 14 heavy (non-hydrogen) atoms. The first-order chi connectivity index (χ1) is 6.81. The first-order valence-corrected chi connectivity index (χ1v) is 6.78. The number of rotatable bonds is 3. The molecule has 1 atom stereocenters. The average Bonchev–Trinajstić information content (AvgIpc) is 2.66. The van der Waals surface area contributed by atoms with E-state index in [2.05, 4.69) is 43.1 Å². The van der Waals surface area contributed by atoms with Crippen LogP contribution in [-0.2, 0) is 0 Å². The van der Waals surface area contributed by atoms with Crippen LogP contribution in [0.2, 0.25) is 0 Å². The maximum atomic E-state index is 5.88. The molecule has 0 bridgehead atoms. The Kier molecular flexibility index (Phi) is 2.95. The van der Waals surface area contributed by atoms with E-state index in [0.717, 1.165) is 12.2 Å². The van der Waals surface area contributed by atoms with E-state index in [4.69, 9.17) is 4.74 Å². The molecule has 0 fully saturated rings. The summed E-state index contributed by atoms with van der Waals surface area (Å²) in [4.78, 5) is 2.25. The molecule has 0 saturated carbocycles. The van der Waals surface area contributed by atoms with Gasteiger partial charge < -0.3 is 0 Å². The van der Waals surface area contributed by atoms with Crippen molar-refractivity contribution in [3.63, 3.8) is 0 Å². The monoisotopic (exact) mass is 254 g/mol. The molecule has 0 saturated heterocycles. The summed E-state index contributed by atoms with van der Waals surface area (Å²) in [7, 11) is 0. The molecule has 0 aliphatic rings. The molecule has 0 amide bonds. The van der Waals surface area contributed by atoms with Crippen molar-refractivity contribution in [2.24, 2.45) is 0 Å². The zero-order chi connectivity index (χ0) is 9.97. The Hall–Kier alpha value is -0.721. The molecule has 1 unspecified atom stereocenters. The fourth-order valence-corrected chi connectivity index (χ4v) is 3.15. The van der Waals surface area contributed by atoms with E-state index in [-0.39, 0.29) is 0 Å². The van der Waals surface area contributed by atoms with Crippen LogP contribution in [0.3, 0.4) is 0 Å². The van der Waals surface area contributed by atoms with Crippen molar-refractivity contribution in [2.75, 3.05) is 0 Å². The van der Waals surface area contributed by atoms with Gasteiger partial charge in [0.05, 0.1) is 0 Å². The van der Waals surface area contributed by atoms with E-state index in [1.807, 2.05) is 0 Å². The third-order valence-electron chi connectivity index (χ3n) is 2.35. The van der Waals surface area contributed by atoms with E-state index < -0.39 is 0 Å². The second kappa shape index (κ2) is 4.20. The van der Waals surface area contributed by atoms with Gasteiger partial charge in [-0.1, -0.05) is 0 Å². The average molecular weight is 253 g/mol. The van der Waals surface area contributed by atoms with Crippen LogP contribution in [0.1, 0.15) is 20.3 Å². The molecule has 1 heterocycles. The first-order valence-electron chi connectivity index (χ1n) is 4.94. The van der Waals surface area contributed by atoms with Crippen LogP contribution in [-0.4, -0.2) is 20.6 Å². The second-order valence-electron chi connectivity index (χ2n) is 3.43. The van der Waals surface area contributed by atoms with Crippen molar-refractivity contribution in [1.29, 1.82) is 0 Å². The Morgan fingerprint density at radius 2 is 2.21 bits per heavy atom. The third-order valence-corrected chi connectivity index (χ3v) is 4.33. The van der Waals surface area contributed by atoms with Crippen LogP contribution in [0.15, 0.2) is 29.2 Å². The van der Waals surface area contributed by atoms with Crippen molar-refractivity contribution in [2.45, 2.75) is 26.4 Å². The molecule has 0 aliphatic heterocycles. The summed E-state index contributed by atoms with van der Waals surface area (Å²) < 4.78 is 7.29. The Bertz CT molecular complexity index is 419. The van der Waals surface area contributed by atoms with Gasteiger partial charge in [0.1, 0.15) is 0 Å². The predicted octanol–water partition coefficient (Wildman–Crippen LogP) is 3.07. The zero-order valence-corrected chi connectivity index (χ0v) is 10.2. The first kappa shape index (κ1) is 9.82. The van der Waals surface area contributed by atoms with Crippen LogP contribution in [0.25, 0.3) is 9.65 Å². The molecule has 1 aromatic carbocycles. The van der Waals surface area contributed by atoms with Gasteiger partial charge in [0.25, 0.3) is 0 Å². The van der Waals surface area contributed by atoms with Gasteiger partial charge in [0.2, 0.25) is 0 Å². The summed E-state index contributed by atoms with van der Waals surface area (Å²) in [5, 5.41) is 1.34. The van der Waals surface area contributed by atoms with Crippen molar-refractivity contribution in [3.05, 3.63) is 29.2 Å². The van der Waals surface area contributed by atoms with E-state index in [1.165, 1.54) is 9.65 Å². The minimum absolute atomic E-state index is 0.317. The normalized spacial score (nSPS) is 13.0. The topological polar surface area (TPSA) is 9.23 Å². The molecular weight excluding hydrogens is 239 g/mol. The summed E-state index contributed by atoms with van der Waals surface area (Å²) >= 11 is 0.472. The summed E-state index contributed by atoms with van der Waals surface area (Å²) in [6, 6.07) is 8.50. The second-order valence-corrected chi connectivity index (χ2v) is 5.35. The minimum atomic E-state index is 0.317. The summed E-state index contributed by atoms with van der Waals surface area (Å²) in [6.45, 7) is 4.27. The molecule has 74 valence electrons. The Morgan fingerprint density at radius 3 is 3.00 bits per heavy atom. The molecule has 1 nitrogen and oxygen atoms in total. The fraction of sp³-hybridized carbons (Fsp3) is 0.333. The molecule has 0 radical (unpaired) electrons. The standard InChI is InChI=1S/C12H14OSe/c1-3-9(2)13-11-6-4-5-10-7-8-14-12(10)11/h4-9H,3H2,1-2H3. The number of benzene rings is 1. The van der Waals surface area contributed by atoms with E-state index in [1.54, 1.807) is 0 Å². The fourth-order valence-electron chi connectivity index (χ4n) is 1.36. The van der Waals surface area contributed by atoms with Crippen LogP contribution in [0.4, 0.5) is 0 Å². The predicted molar refractivity (Wildman–Crippen MR) is 61.3 cm³/mol. The van der Waals surface area contributed by atoms with Crippen molar-refractivity contribution >= 4 is 24.1 Å². The molecule has 1 aromatic heterocycles. The molecule has 2 heteroatoms.